The molecule has 3 aromatic rings. The maximum Gasteiger partial charge on any atom is 0.269 e. The fourth-order valence-corrected chi connectivity index (χ4v) is 3.70. The maximum atomic E-state index is 13.3. The number of aryl methyl sites for hydroxylation is 1. The second kappa shape index (κ2) is 9.86. The summed E-state index contributed by atoms with van der Waals surface area (Å²) in [5, 5.41) is 12.6. The summed E-state index contributed by atoms with van der Waals surface area (Å²) in [6, 6.07) is 12.2. The molecule has 4 rings (SSSR count). The predicted molar refractivity (Wildman–Crippen MR) is 123 cm³/mol. The summed E-state index contributed by atoms with van der Waals surface area (Å²) in [6.45, 7) is 2.76. The molecule has 8 nitrogen and oxygen atoms in total. The van der Waals surface area contributed by atoms with Crippen molar-refractivity contribution in [1.29, 1.82) is 5.26 Å². The van der Waals surface area contributed by atoms with E-state index in [-0.39, 0.29) is 29.7 Å². The van der Waals surface area contributed by atoms with Crippen LogP contribution in [0.5, 0.6) is 11.6 Å². The van der Waals surface area contributed by atoms with Crippen molar-refractivity contribution in [3.8, 4) is 17.7 Å². The largest absolute Gasteiger partial charge is 0.437 e. The van der Waals surface area contributed by atoms with Crippen LogP contribution in [0.4, 0.5) is 0 Å². The van der Waals surface area contributed by atoms with E-state index in [1.165, 1.54) is 10.5 Å². The Labute approximate surface area is 195 Å². The molecule has 1 aliphatic heterocycles. The zero-order valence-electron chi connectivity index (χ0n) is 17.9. The number of nitriles is 1. The molecule has 1 amide bonds. The number of fused-ring (bicyclic) bond motifs is 1. The third kappa shape index (κ3) is 4.90. The number of pyridine rings is 1. The van der Waals surface area contributed by atoms with Crippen LogP contribution in [0.1, 0.15) is 24.0 Å². The van der Waals surface area contributed by atoms with Crippen LogP contribution in [-0.2, 0) is 9.53 Å². The highest BCUT2D eigenvalue weighted by Gasteiger charge is 2.20. The number of carbonyl (C=O) groups excluding carboxylic acids is 1. The summed E-state index contributed by atoms with van der Waals surface area (Å²) in [4.78, 5) is 30.5. The molecule has 3 heterocycles. The van der Waals surface area contributed by atoms with Gasteiger partial charge in [-0.1, -0.05) is 29.8 Å². The summed E-state index contributed by atoms with van der Waals surface area (Å²) in [6.07, 6.45) is 4.46. The monoisotopic (exact) mass is 464 g/mol. The number of amides is 1. The minimum absolute atomic E-state index is 0.0400. The van der Waals surface area contributed by atoms with E-state index in [0.717, 1.165) is 18.4 Å². The number of aromatic nitrogens is 2. The van der Waals surface area contributed by atoms with Crippen molar-refractivity contribution in [3.63, 3.8) is 0 Å². The van der Waals surface area contributed by atoms with Crippen molar-refractivity contribution in [2.75, 3.05) is 13.2 Å². The van der Waals surface area contributed by atoms with Crippen molar-refractivity contribution in [1.82, 2.24) is 14.7 Å². The molecule has 0 aliphatic carbocycles. The van der Waals surface area contributed by atoms with Gasteiger partial charge in [0.25, 0.3) is 11.5 Å². The predicted octanol–water partition coefficient (Wildman–Crippen LogP) is 3.65. The normalized spacial score (nSPS) is 15.9. The average molecular weight is 465 g/mol. The quantitative estimate of drug-likeness (QED) is 0.441. The smallest absolute Gasteiger partial charge is 0.269 e. The molecular weight excluding hydrogens is 444 g/mol. The van der Waals surface area contributed by atoms with Crippen molar-refractivity contribution >= 4 is 29.2 Å². The molecule has 168 valence electrons. The van der Waals surface area contributed by atoms with E-state index in [1.807, 2.05) is 19.1 Å². The Morgan fingerprint density at radius 3 is 2.94 bits per heavy atom. The number of carbonyl (C=O) groups is 1. The molecular formula is C24H21ClN4O4. The standard InChI is InChI=1S/C24H21ClN4O4/c1-15-6-4-10-29-21(15)28-23(33-20-9-3-2-8-19(20)25)18(24(29)31)12-16(13-26)22(30)27-14-17-7-5-11-32-17/h2-4,6,8-10,12,17H,5,7,11,14H2,1H3,(H,27,30)/b16-12+/t17-/m1/s1. The minimum atomic E-state index is -0.606. The van der Waals surface area contributed by atoms with Crippen molar-refractivity contribution in [2.24, 2.45) is 0 Å². The molecule has 0 saturated carbocycles. The minimum Gasteiger partial charge on any atom is -0.437 e. The number of hydrogen-bond acceptors (Lipinski definition) is 6. The Bertz CT molecular complexity index is 1340. The summed E-state index contributed by atoms with van der Waals surface area (Å²) < 4.78 is 12.7. The van der Waals surface area contributed by atoms with E-state index in [2.05, 4.69) is 10.3 Å². The third-order valence-electron chi connectivity index (χ3n) is 5.26. The molecule has 0 spiro atoms. The SMILES string of the molecule is Cc1cccn2c(=O)c(/C=C(\C#N)C(=O)NC[C@H]3CCCO3)c(Oc3ccccc3Cl)nc12. The lowest BCUT2D eigenvalue weighted by atomic mass is 10.1. The lowest BCUT2D eigenvalue weighted by molar-refractivity contribution is -0.117. The lowest BCUT2D eigenvalue weighted by Gasteiger charge is -2.13. The summed E-state index contributed by atoms with van der Waals surface area (Å²) in [7, 11) is 0. The molecule has 1 saturated heterocycles. The number of halogens is 1. The Kier molecular flexibility index (Phi) is 6.73. The van der Waals surface area contributed by atoms with Gasteiger partial charge in [0.2, 0.25) is 5.88 Å². The summed E-state index contributed by atoms with van der Waals surface area (Å²) in [5.41, 5.74) is 0.378. The molecule has 1 N–H and O–H groups in total. The van der Waals surface area contributed by atoms with Crippen LogP contribution in [0.25, 0.3) is 11.7 Å². The van der Waals surface area contributed by atoms with Crippen LogP contribution in [-0.4, -0.2) is 34.5 Å². The number of rotatable bonds is 6. The molecule has 2 aromatic heterocycles. The van der Waals surface area contributed by atoms with Crippen molar-refractivity contribution < 1.29 is 14.3 Å². The van der Waals surface area contributed by atoms with Gasteiger partial charge in [0, 0.05) is 19.3 Å². The third-order valence-corrected chi connectivity index (χ3v) is 5.57. The lowest BCUT2D eigenvalue weighted by Crippen LogP contribution is -2.32. The molecule has 1 aliphatic rings. The van der Waals surface area contributed by atoms with Gasteiger partial charge >= 0.3 is 0 Å². The van der Waals surface area contributed by atoms with E-state index in [1.54, 1.807) is 36.5 Å². The topological polar surface area (TPSA) is 106 Å². The molecule has 0 unspecified atom stereocenters. The van der Waals surface area contributed by atoms with Crippen molar-refractivity contribution in [2.45, 2.75) is 25.9 Å². The molecule has 9 heteroatoms. The fourth-order valence-electron chi connectivity index (χ4n) is 3.53. The van der Waals surface area contributed by atoms with Gasteiger partial charge in [0.15, 0.2) is 0 Å². The first kappa shape index (κ1) is 22.5. The highest BCUT2D eigenvalue weighted by molar-refractivity contribution is 6.32. The van der Waals surface area contributed by atoms with Gasteiger partial charge < -0.3 is 14.8 Å². The second-order valence-corrected chi connectivity index (χ2v) is 7.98. The van der Waals surface area contributed by atoms with E-state index in [9.17, 15) is 14.9 Å². The first-order valence-corrected chi connectivity index (χ1v) is 10.8. The van der Waals surface area contributed by atoms with E-state index in [4.69, 9.17) is 21.1 Å². The first-order valence-electron chi connectivity index (χ1n) is 10.4. The highest BCUT2D eigenvalue weighted by Crippen LogP contribution is 2.30. The average Bonchev–Trinajstić information content (AvgIpc) is 3.33. The number of para-hydroxylation sites is 1. The van der Waals surface area contributed by atoms with Gasteiger partial charge in [-0.3, -0.25) is 14.0 Å². The molecule has 1 atom stereocenters. The Balaban J connectivity index is 1.77. The Morgan fingerprint density at radius 1 is 1.39 bits per heavy atom. The summed E-state index contributed by atoms with van der Waals surface area (Å²) >= 11 is 6.22. The Morgan fingerprint density at radius 2 is 2.21 bits per heavy atom. The van der Waals surface area contributed by atoms with Crippen LogP contribution < -0.4 is 15.6 Å². The van der Waals surface area contributed by atoms with Gasteiger partial charge in [0.05, 0.1) is 11.1 Å². The Hall–Kier alpha value is -3.67. The first-order chi connectivity index (χ1) is 16.0. The van der Waals surface area contributed by atoms with Crippen LogP contribution in [0.15, 0.2) is 53.0 Å². The van der Waals surface area contributed by atoms with Crippen LogP contribution in [0, 0.1) is 18.3 Å². The van der Waals surface area contributed by atoms with Gasteiger partial charge in [-0.05, 0) is 49.6 Å². The van der Waals surface area contributed by atoms with E-state index < -0.39 is 11.5 Å². The molecule has 33 heavy (non-hydrogen) atoms. The van der Waals surface area contributed by atoms with Crippen LogP contribution in [0.3, 0.4) is 0 Å². The van der Waals surface area contributed by atoms with Crippen molar-refractivity contribution in [3.05, 3.63) is 74.7 Å². The fraction of sp³-hybridized carbons (Fsp3) is 0.250. The number of nitrogens with one attached hydrogen (secondary N) is 1. The molecule has 1 fully saturated rings. The van der Waals surface area contributed by atoms with Gasteiger partial charge in [-0.25, -0.2) is 0 Å². The number of ether oxygens (including phenoxy) is 2. The van der Waals surface area contributed by atoms with E-state index in [0.29, 0.717) is 23.0 Å². The number of hydrogen-bond donors (Lipinski definition) is 1. The highest BCUT2D eigenvalue weighted by atomic mass is 35.5. The molecule has 0 bridgehead atoms. The zero-order valence-corrected chi connectivity index (χ0v) is 18.6. The summed E-state index contributed by atoms with van der Waals surface area (Å²) in [5.74, 6) is -0.368. The molecule has 1 aromatic carbocycles. The van der Waals surface area contributed by atoms with Gasteiger partial charge in [0.1, 0.15) is 28.6 Å². The molecule has 0 radical (unpaired) electrons. The zero-order chi connectivity index (χ0) is 23.4. The van der Waals surface area contributed by atoms with Crippen LogP contribution >= 0.6 is 11.6 Å². The second-order valence-electron chi connectivity index (χ2n) is 7.57. The van der Waals surface area contributed by atoms with Gasteiger partial charge in [-0.15, -0.1) is 0 Å². The maximum absolute atomic E-state index is 13.3. The van der Waals surface area contributed by atoms with Gasteiger partial charge in [-0.2, -0.15) is 10.2 Å². The van der Waals surface area contributed by atoms with E-state index >= 15 is 0 Å². The number of nitrogens with zero attached hydrogens (tertiary/aromatic N) is 3. The number of benzene rings is 1. The van der Waals surface area contributed by atoms with Crippen LogP contribution in [0.2, 0.25) is 5.02 Å².